The number of aromatic nitrogens is 4. The molecule has 0 spiro atoms. The SMILES string of the molecule is C[C@H]1COCCC1n1c(OC2CCN(c3nc(C(F)(F)F)nc4c3oc3ccccc34)C2)nc2cc(OC(F)(F)F)ccc21. The van der Waals surface area contributed by atoms with E-state index in [9.17, 15) is 26.3 Å². The largest absolute Gasteiger partial charge is 0.573 e. The number of nitrogens with zero attached hydrogens (tertiary/aromatic N) is 5. The summed E-state index contributed by atoms with van der Waals surface area (Å²) < 4.78 is 104. The van der Waals surface area contributed by atoms with Crippen LogP contribution >= 0.6 is 0 Å². The molecule has 3 aromatic heterocycles. The summed E-state index contributed by atoms with van der Waals surface area (Å²) in [5.41, 5.74) is 1.41. The summed E-state index contributed by atoms with van der Waals surface area (Å²) in [7, 11) is 0. The minimum absolute atomic E-state index is 0.00474. The summed E-state index contributed by atoms with van der Waals surface area (Å²) in [4.78, 5) is 13.8. The molecule has 0 N–H and O–H groups in total. The Hall–Kier alpha value is -4.27. The fourth-order valence-electron chi connectivity index (χ4n) is 5.99. The Balaban J connectivity index is 1.23. The van der Waals surface area contributed by atoms with E-state index in [2.05, 4.69) is 19.7 Å². The summed E-state index contributed by atoms with van der Waals surface area (Å²) in [6, 6.07) is 10.7. The van der Waals surface area contributed by atoms with Gasteiger partial charge in [-0.2, -0.15) is 18.2 Å². The molecule has 2 unspecified atom stereocenters. The van der Waals surface area contributed by atoms with Crippen LogP contribution in [0.3, 0.4) is 0 Å². The van der Waals surface area contributed by atoms with Crippen molar-refractivity contribution in [2.24, 2.45) is 5.92 Å². The summed E-state index contributed by atoms with van der Waals surface area (Å²) in [5.74, 6) is -1.63. The van der Waals surface area contributed by atoms with Crippen LogP contribution in [0.4, 0.5) is 32.2 Å². The van der Waals surface area contributed by atoms with Gasteiger partial charge in [0, 0.05) is 43.0 Å². The smallest absolute Gasteiger partial charge is 0.459 e. The minimum atomic E-state index is -4.86. The standard InChI is InChI=1S/C29H25F6N5O4/c1-15-14-41-11-9-20(15)40-21-7-6-16(44-29(33,34)35)12-19(21)36-27(40)42-17-8-10-39(13-17)25-24-23(37-26(38-25)28(30,31)32)18-4-2-3-5-22(18)43-24/h2-7,12,15,17,20H,8-11,13-14H2,1H3/t15-,17?,20?/m0/s1. The molecule has 2 saturated heterocycles. The number of anilines is 1. The number of ether oxygens (including phenoxy) is 3. The van der Waals surface area contributed by atoms with Crippen molar-refractivity contribution in [2.45, 2.75) is 44.4 Å². The average Bonchev–Trinajstić information content (AvgIpc) is 3.67. The van der Waals surface area contributed by atoms with Crippen LogP contribution in [0.1, 0.15) is 31.6 Å². The first kappa shape index (κ1) is 28.5. The lowest BCUT2D eigenvalue weighted by Crippen LogP contribution is -2.30. The first-order valence-electron chi connectivity index (χ1n) is 14.0. The maximum absolute atomic E-state index is 13.8. The lowest BCUT2D eigenvalue weighted by Gasteiger charge is -2.31. The van der Waals surface area contributed by atoms with E-state index >= 15 is 0 Å². The van der Waals surface area contributed by atoms with Gasteiger partial charge in [0.15, 0.2) is 11.4 Å². The highest BCUT2D eigenvalue weighted by Crippen LogP contribution is 2.40. The molecule has 0 radical (unpaired) electrons. The highest BCUT2D eigenvalue weighted by molar-refractivity contribution is 6.05. The van der Waals surface area contributed by atoms with E-state index in [0.29, 0.717) is 49.1 Å². The number of fused-ring (bicyclic) bond motifs is 4. The van der Waals surface area contributed by atoms with Gasteiger partial charge in [-0.25, -0.2) is 9.97 Å². The van der Waals surface area contributed by atoms with Crippen LogP contribution in [0, 0.1) is 5.92 Å². The molecular formula is C29H25F6N5O4. The van der Waals surface area contributed by atoms with Gasteiger partial charge in [0.1, 0.15) is 23.0 Å². The monoisotopic (exact) mass is 621 g/mol. The van der Waals surface area contributed by atoms with Crippen molar-refractivity contribution in [3.05, 3.63) is 48.3 Å². The van der Waals surface area contributed by atoms with Crippen LogP contribution in [0.5, 0.6) is 11.8 Å². The van der Waals surface area contributed by atoms with E-state index in [1.807, 2.05) is 11.5 Å². The predicted molar refractivity (Wildman–Crippen MR) is 146 cm³/mol. The van der Waals surface area contributed by atoms with Crippen LogP contribution in [0.2, 0.25) is 0 Å². The van der Waals surface area contributed by atoms with Crippen LogP contribution < -0.4 is 14.4 Å². The normalized spacial score (nSPS) is 21.5. The Morgan fingerprint density at radius 1 is 0.977 bits per heavy atom. The number of imidazole rings is 1. The Bertz CT molecular complexity index is 1850. The highest BCUT2D eigenvalue weighted by atomic mass is 19.4. The molecule has 2 aliphatic rings. The van der Waals surface area contributed by atoms with Crippen LogP contribution in [-0.2, 0) is 10.9 Å². The third kappa shape index (κ3) is 5.22. The van der Waals surface area contributed by atoms with E-state index < -0.39 is 30.2 Å². The first-order valence-corrected chi connectivity index (χ1v) is 14.0. The number of alkyl halides is 6. The van der Waals surface area contributed by atoms with E-state index in [0.717, 1.165) is 0 Å². The van der Waals surface area contributed by atoms with Crippen molar-refractivity contribution in [2.75, 3.05) is 31.2 Å². The second kappa shape index (κ2) is 10.4. The molecule has 232 valence electrons. The van der Waals surface area contributed by atoms with Crippen molar-refractivity contribution in [1.29, 1.82) is 0 Å². The molecule has 0 aliphatic carbocycles. The van der Waals surface area contributed by atoms with Crippen molar-refractivity contribution in [3.8, 4) is 11.8 Å². The second-order valence-corrected chi connectivity index (χ2v) is 11.0. The molecule has 0 saturated carbocycles. The molecule has 9 nitrogen and oxygen atoms in total. The van der Waals surface area contributed by atoms with Gasteiger partial charge in [-0.3, -0.25) is 4.57 Å². The van der Waals surface area contributed by atoms with E-state index in [1.165, 1.54) is 18.2 Å². The third-order valence-corrected chi connectivity index (χ3v) is 7.96. The fraction of sp³-hybridized carbons (Fsp3) is 0.414. The number of halogens is 6. The number of furan rings is 1. The molecule has 7 rings (SSSR count). The number of hydrogen-bond donors (Lipinski definition) is 0. The topological polar surface area (TPSA) is 87.7 Å². The number of benzene rings is 2. The van der Waals surface area contributed by atoms with E-state index in [-0.39, 0.29) is 46.9 Å². The molecule has 3 atom stereocenters. The molecule has 0 bridgehead atoms. The molecule has 2 fully saturated rings. The van der Waals surface area contributed by atoms with Gasteiger partial charge in [0.25, 0.3) is 6.01 Å². The Kier molecular flexibility index (Phi) is 6.75. The maximum atomic E-state index is 13.8. The van der Waals surface area contributed by atoms with Gasteiger partial charge in [0.2, 0.25) is 5.82 Å². The van der Waals surface area contributed by atoms with Crippen LogP contribution in [0.15, 0.2) is 46.9 Å². The summed E-state index contributed by atoms with van der Waals surface area (Å²) in [6.45, 7) is 3.45. The zero-order chi connectivity index (χ0) is 30.8. The summed E-state index contributed by atoms with van der Waals surface area (Å²) >= 11 is 0. The molecule has 2 aliphatic heterocycles. The zero-order valence-corrected chi connectivity index (χ0v) is 23.2. The molecule has 5 heterocycles. The van der Waals surface area contributed by atoms with Gasteiger partial charge in [-0.1, -0.05) is 19.1 Å². The number of para-hydroxylation sites is 1. The number of rotatable bonds is 5. The zero-order valence-electron chi connectivity index (χ0n) is 23.2. The lowest BCUT2D eigenvalue weighted by atomic mass is 9.97. The Morgan fingerprint density at radius 2 is 1.80 bits per heavy atom. The van der Waals surface area contributed by atoms with Gasteiger partial charge in [0.05, 0.1) is 24.2 Å². The molecular weight excluding hydrogens is 596 g/mol. The van der Waals surface area contributed by atoms with Crippen molar-refractivity contribution in [1.82, 2.24) is 19.5 Å². The molecule has 2 aromatic carbocycles. The first-order chi connectivity index (χ1) is 20.9. The van der Waals surface area contributed by atoms with Crippen molar-refractivity contribution in [3.63, 3.8) is 0 Å². The summed E-state index contributed by atoms with van der Waals surface area (Å²) in [5, 5.41) is 0.441. The van der Waals surface area contributed by atoms with Gasteiger partial charge in [-0.05, 0) is 30.7 Å². The minimum Gasteiger partial charge on any atom is -0.459 e. The van der Waals surface area contributed by atoms with Crippen LogP contribution in [0.25, 0.3) is 33.1 Å². The maximum Gasteiger partial charge on any atom is 0.573 e. The van der Waals surface area contributed by atoms with Gasteiger partial charge >= 0.3 is 12.5 Å². The van der Waals surface area contributed by atoms with E-state index in [4.69, 9.17) is 13.9 Å². The second-order valence-electron chi connectivity index (χ2n) is 11.0. The predicted octanol–water partition coefficient (Wildman–Crippen LogP) is 6.90. The quantitative estimate of drug-likeness (QED) is 0.196. The van der Waals surface area contributed by atoms with Crippen molar-refractivity contribution < 1.29 is 45.0 Å². The molecule has 44 heavy (non-hydrogen) atoms. The summed E-state index contributed by atoms with van der Waals surface area (Å²) in [6.07, 6.45) is -9.11. The van der Waals surface area contributed by atoms with Crippen LogP contribution in [-0.4, -0.2) is 58.3 Å². The van der Waals surface area contributed by atoms with E-state index in [1.54, 1.807) is 29.2 Å². The van der Waals surface area contributed by atoms with Gasteiger partial charge in [-0.15, -0.1) is 13.2 Å². The number of hydrogen-bond acceptors (Lipinski definition) is 8. The average molecular weight is 622 g/mol. The lowest BCUT2D eigenvalue weighted by molar-refractivity contribution is -0.274. The fourth-order valence-corrected chi connectivity index (χ4v) is 5.99. The Labute approximate surface area is 245 Å². The molecule has 0 amide bonds. The van der Waals surface area contributed by atoms with Crippen molar-refractivity contribution >= 4 is 38.9 Å². The highest BCUT2D eigenvalue weighted by Gasteiger charge is 2.39. The molecule has 15 heteroatoms. The Morgan fingerprint density at radius 3 is 2.57 bits per heavy atom. The third-order valence-electron chi connectivity index (χ3n) is 7.96. The molecule has 5 aromatic rings. The van der Waals surface area contributed by atoms with Gasteiger partial charge < -0.3 is 23.5 Å².